The molecular weight excluding hydrogens is 508 g/mol. The molecular formula is C27H28F4N2O5. The first-order chi connectivity index (χ1) is 18.1. The summed E-state index contributed by atoms with van der Waals surface area (Å²) < 4.78 is 76.3. The van der Waals surface area contributed by atoms with Gasteiger partial charge >= 0.3 is 12.3 Å². The lowest BCUT2D eigenvalue weighted by molar-refractivity contribution is -0.220. The van der Waals surface area contributed by atoms with Gasteiger partial charge in [-0.05, 0) is 48.6 Å². The minimum atomic E-state index is -4.80. The first-order valence-corrected chi connectivity index (χ1v) is 12.2. The van der Waals surface area contributed by atoms with E-state index in [9.17, 15) is 22.4 Å². The molecule has 0 aromatic heterocycles. The number of likely N-dealkylation sites (tertiary alicyclic amines) is 1. The van der Waals surface area contributed by atoms with Crippen LogP contribution in [0.1, 0.15) is 41.9 Å². The first-order valence-electron chi connectivity index (χ1n) is 12.2. The Morgan fingerprint density at radius 1 is 1.21 bits per heavy atom. The molecule has 0 N–H and O–H groups in total. The summed E-state index contributed by atoms with van der Waals surface area (Å²) in [6.07, 6.45) is -7.03. The van der Waals surface area contributed by atoms with Crippen molar-refractivity contribution in [2.45, 2.75) is 49.7 Å². The number of carbonyl (C=O) groups is 1. The molecule has 1 amide bonds. The Bertz CT molecular complexity index is 1160. The van der Waals surface area contributed by atoms with Crippen LogP contribution in [-0.2, 0) is 20.8 Å². The Hall–Kier alpha value is -3.36. The average Bonchev–Trinajstić information content (AvgIpc) is 3.31. The van der Waals surface area contributed by atoms with Crippen molar-refractivity contribution in [3.8, 4) is 11.8 Å². The topological polar surface area (TPSA) is 81.0 Å². The normalized spacial score (nSPS) is 19.7. The van der Waals surface area contributed by atoms with E-state index in [0.717, 1.165) is 0 Å². The number of piperidine rings is 1. The number of hydrogen-bond donors (Lipinski definition) is 0. The van der Waals surface area contributed by atoms with Crippen LogP contribution in [0.3, 0.4) is 0 Å². The second-order valence-corrected chi connectivity index (χ2v) is 9.48. The molecule has 2 aliphatic rings. The monoisotopic (exact) mass is 536 g/mol. The number of alkyl halides is 3. The number of benzene rings is 2. The summed E-state index contributed by atoms with van der Waals surface area (Å²) in [5, 5.41) is 9.09. The van der Waals surface area contributed by atoms with Gasteiger partial charge < -0.3 is 23.8 Å². The van der Waals surface area contributed by atoms with Crippen molar-refractivity contribution >= 4 is 6.09 Å². The number of carbonyl (C=O) groups excluding carboxylic acids is 1. The molecule has 2 saturated heterocycles. The molecule has 2 aromatic rings. The molecule has 0 radical (unpaired) electrons. The summed E-state index contributed by atoms with van der Waals surface area (Å²) >= 11 is 0. The molecule has 1 unspecified atom stereocenters. The average molecular weight is 537 g/mol. The molecule has 2 atom stereocenters. The van der Waals surface area contributed by atoms with Crippen LogP contribution in [0.15, 0.2) is 42.5 Å². The van der Waals surface area contributed by atoms with Gasteiger partial charge in [-0.2, -0.15) is 18.4 Å². The van der Waals surface area contributed by atoms with Crippen LogP contribution in [0, 0.1) is 17.1 Å². The van der Waals surface area contributed by atoms with E-state index in [1.165, 1.54) is 18.1 Å². The Balaban J connectivity index is 1.29. The van der Waals surface area contributed by atoms with Crippen molar-refractivity contribution in [3.63, 3.8) is 0 Å². The Kier molecular flexibility index (Phi) is 8.43. The van der Waals surface area contributed by atoms with E-state index in [1.54, 1.807) is 36.4 Å². The van der Waals surface area contributed by atoms with Crippen molar-refractivity contribution in [1.82, 2.24) is 4.90 Å². The van der Waals surface area contributed by atoms with Gasteiger partial charge in [0.1, 0.15) is 17.6 Å². The van der Waals surface area contributed by atoms with Gasteiger partial charge in [0.15, 0.2) is 0 Å². The van der Waals surface area contributed by atoms with Crippen molar-refractivity contribution in [2.75, 3.05) is 33.4 Å². The maximum atomic E-state index is 14.6. The molecule has 11 heteroatoms. The molecule has 2 aromatic carbocycles. The van der Waals surface area contributed by atoms with E-state index < -0.39 is 36.4 Å². The molecule has 4 rings (SSSR count). The SMILES string of the molecule is COc1ccc(COC[C@@H](OC(=O)N2CCC3(CC2)CC(c2cccc(C#N)c2F)CO3)C(F)(F)F)cc1. The zero-order valence-electron chi connectivity index (χ0n) is 20.8. The van der Waals surface area contributed by atoms with E-state index >= 15 is 0 Å². The number of hydrogen-bond acceptors (Lipinski definition) is 6. The maximum absolute atomic E-state index is 14.6. The van der Waals surface area contributed by atoms with Crippen molar-refractivity contribution in [2.24, 2.45) is 0 Å². The zero-order valence-corrected chi connectivity index (χ0v) is 20.8. The number of nitriles is 1. The van der Waals surface area contributed by atoms with Crippen molar-refractivity contribution in [1.29, 1.82) is 5.26 Å². The largest absolute Gasteiger partial charge is 0.497 e. The van der Waals surface area contributed by atoms with E-state index in [4.69, 9.17) is 24.2 Å². The van der Waals surface area contributed by atoms with Crippen molar-refractivity contribution in [3.05, 3.63) is 65.0 Å². The molecule has 38 heavy (non-hydrogen) atoms. The fraction of sp³-hybridized carbons (Fsp3) is 0.481. The van der Waals surface area contributed by atoms with Gasteiger partial charge in [-0.15, -0.1) is 0 Å². The maximum Gasteiger partial charge on any atom is 0.427 e. The summed E-state index contributed by atoms with van der Waals surface area (Å²) in [6, 6.07) is 13.2. The van der Waals surface area contributed by atoms with Crippen LogP contribution in [0.2, 0.25) is 0 Å². The number of amides is 1. The fourth-order valence-corrected chi connectivity index (χ4v) is 4.84. The number of nitrogens with zero attached hydrogens (tertiary/aromatic N) is 2. The summed E-state index contributed by atoms with van der Waals surface area (Å²) in [5.74, 6) is -0.202. The summed E-state index contributed by atoms with van der Waals surface area (Å²) in [5.41, 5.74) is 0.411. The molecule has 0 bridgehead atoms. The van der Waals surface area contributed by atoms with Crippen molar-refractivity contribution < 1.29 is 41.3 Å². The molecule has 0 saturated carbocycles. The lowest BCUT2D eigenvalue weighted by Crippen LogP contribution is -2.49. The zero-order chi connectivity index (χ0) is 27.3. The fourth-order valence-electron chi connectivity index (χ4n) is 4.84. The van der Waals surface area contributed by atoms with Gasteiger partial charge in [-0.25, -0.2) is 9.18 Å². The molecule has 2 aliphatic heterocycles. The highest BCUT2D eigenvalue weighted by molar-refractivity contribution is 5.68. The van der Waals surface area contributed by atoms with E-state index in [0.29, 0.717) is 36.1 Å². The van der Waals surface area contributed by atoms with Gasteiger partial charge in [-0.1, -0.05) is 24.3 Å². The van der Waals surface area contributed by atoms with Crippen LogP contribution in [-0.4, -0.2) is 62.3 Å². The lowest BCUT2D eigenvalue weighted by atomic mass is 9.83. The first kappa shape index (κ1) is 27.7. The lowest BCUT2D eigenvalue weighted by Gasteiger charge is -2.38. The minimum absolute atomic E-state index is 0.0341. The highest BCUT2D eigenvalue weighted by atomic mass is 19.4. The molecule has 204 valence electrons. The second kappa shape index (κ2) is 11.6. The number of ether oxygens (including phenoxy) is 4. The molecule has 1 spiro atoms. The third-order valence-corrected chi connectivity index (χ3v) is 7.04. The predicted molar refractivity (Wildman–Crippen MR) is 127 cm³/mol. The highest BCUT2D eigenvalue weighted by Gasteiger charge is 2.47. The third kappa shape index (κ3) is 6.37. The molecule has 2 heterocycles. The highest BCUT2D eigenvalue weighted by Crippen LogP contribution is 2.43. The minimum Gasteiger partial charge on any atom is -0.497 e. The van der Waals surface area contributed by atoms with Gasteiger partial charge in [0, 0.05) is 19.0 Å². The van der Waals surface area contributed by atoms with Gasteiger partial charge in [0.2, 0.25) is 6.10 Å². The summed E-state index contributed by atoms with van der Waals surface area (Å²) in [7, 11) is 1.51. The van der Waals surface area contributed by atoms with E-state index in [2.05, 4.69) is 0 Å². The van der Waals surface area contributed by atoms with Gasteiger partial charge in [0.05, 0.1) is 38.1 Å². The summed E-state index contributed by atoms with van der Waals surface area (Å²) in [6.45, 7) is -0.376. The Labute approximate surface area is 217 Å². The third-order valence-electron chi connectivity index (χ3n) is 7.04. The van der Waals surface area contributed by atoms with Crippen LogP contribution in [0.25, 0.3) is 0 Å². The predicted octanol–water partition coefficient (Wildman–Crippen LogP) is 5.33. The number of rotatable bonds is 7. The standard InChI is InChI=1S/C27H28F4N2O5/c1-35-21-7-5-18(6-8-21)15-36-17-23(27(29,30)31)38-25(34)33-11-9-26(10-12-33)13-20(16-37-26)22-4-2-3-19(14-32)24(22)28/h2-8,20,23H,9-13,15-17H2,1H3/t20?,23-/m1/s1. The summed E-state index contributed by atoms with van der Waals surface area (Å²) in [4.78, 5) is 13.8. The smallest absolute Gasteiger partial charge is 0.427 e. The van der Waals surface area contributed by atoms with Crippen LogP contribution >= 0.6 is 0 Å². The van der Waals surface area contributed by atoms with Gasteiger partial charge in [-0.3, -0.25) is 0 Å². The van der Waals surface area contributed by atoms with Crippen LogP contribution in [0.5, 0.6) is 5.75 Å². The number of methoxy groups -OCH3 is 1. The molecule has 7 nitrogen and oxygen atoms in total. The quantitative estimate of drug-likeness (QED) is 0.445. The molecule has 2 fully saturated rings. The molecule has 0 aliphatic carbocycles. The Morgan fingerprint density at radius 2 is 1.92 bits per heavy atom. The van der Waals surface area contributed by atoms with Crippen LogP contribution < -0.4 is 4.74 Å². The number of halogens is 4. The van der Waals surface area contributed by atoms with E-state index in [-0.39, 0.29) is 37.8 Å². The van der Waals surface area contributed by atoms with E-state index in [1.807, 2.05) is 6.07 Å². The van der Waals surface area contributed by atoms with Gasteiger partial charge in [0.25, 0.3) is 0 Å². The Morgan fingerprint density at radius 3 is 2.55 bits per heavy atom. The van der Waals surface area contributed by atoms with Crippen LogP contribution in [0.4, 0.5) is 22.4 Å². The second-order valence-electron chi connectivity index (χ2n) is 9.48.